The number of nitrogens with one attached hydrogen (secondary N) is 1. The predicted molar refractivity (Wildman–Crippen MR) is 87.9 cm³/mol. The van der Waals surface area contributed by atoms with Gasteiger partial charge in [0.1, 0.15) is 0 Å². The van der Waals surface area contributed by atoms with Crippen LogP contribution < -0.4 is 5.32 Å². The van der Waals surface area contributed by atoms with Gasteiger partial charge in [-0.25, -0.2) is 0 Å². The fourth-order valence-electron chi connectivity index (χ4n) is 4.18. The van der Waals surface area contributed by atoms with Gasteiger partial charge in [-0.1, -0.05) is 47.5 Å². The van der Waals surface area contributed by atoms with Crippen molar-refractivity contribution >= 4 is 5.91 Å². The van der Waals surface area contributed by atoms with Gasteiger partial charge in [0.25, 0.3) is 0 Å². The summed E-state index contributed by atoms with van der Waals surface area (Å²) in [5.74, 6) is 1.38. The van der Waals surface area contributed by atoms with Crippen molar-refractivity contribution < 1.29 is 4.79 Å². The number of nitrogens with zero attached hydrogens (tertiary/aromatic N) is 1. The normalized spacial score (nSPS) is 29.1. The van der Waals surface area contributed by atoms with E-state index >= 15 is 0 Å². The van der Waals surface area contributed by atoms with Crippen LogP contribution in [0.4, 0.5) is 0 Å². The monoisotopic (exact) mass is 294 g/mol. The maximum Gasteiger partial charge on any atom is 0.241 e. The van der Waals surface area contributed by atoms with E-state index in [0.29, 0.717) is 23.2 Å². The fraction of sp³-hybridized carbons (Fsp3) is 0.944. The molecule has 1 aliphatic carbocycles. The van der Waals surface area contributed by atoms with E-state index in [0.717, 1.165) is 13.0 Å². The molecule has 1 aliphatic heterocycles. The molecule has 3 nitrogen and oxygen atoms in total. The van der Waals surface area contributed by atoms with Crippen LogP contribution >= 0.6 is 0 Å². The molecule has 2 rings (SSSR count). The zero-order valence-corrected chi connectivity index (χ0v) is 14.6. The van der Waals surface area contributed by atoms with Gasteiger partial charge in [0, 0.05) is 6.54 Å². The summed E-state index contributed by atoms with van der Waals surface area (Å²) in [6, 6.07) is 0.0349. The van der Waals surface area contributed by atoms with Crippen LogP contribution in [0.3, 0.4) is 0 Å². The lowest BCUT2D eigenvalue weighted by molar-refractivity contribution is -0.132. The van der Waals surface area contributed by atoms with Gasteiger partial charge in [0.2, 0.25) is 5.91 Å². The van der Waals surface area contributed by atoms with E-state index in [1.807, 2.05) is 0 Å². The van der Waals surface area contributed by atoms with Crippen molar-refractivity contribution in [2.75, 3.05) is 6.54 Å². The van der Waals surface area contributed by atoms with Gasteiger partial charge in [0.05, 0.1) is 12.2 Å². The van der Waals surface area contributed by atoms with Gasteiger partial charge in [-0.3, -0.25) is 10.1 Å². The van der Waals surface area contributed by atoms with E-state index in [1.54, 1.807) is 0 Å². The van der Waals surface area contributed by atoms with Crippen LogP contribution in [-0.2, 0) is 4.79 Å². The molecule has 0 aromatic carbocycles. The number of carbonyl (C=O) groups excluding carboxylic acids is 1. The largest absolute Gasteiger partial charge is 0.325 e. The molecule has 1 amide bonds. The Morgan fingerprint density at radius 2 is 1.86 bits per heavy atom. The van der Waals surface area contributed by atoms with Gasteiger partial charge in [-0.15, -0.1) is 0 Å². The Kier molecular flexibility index (Phi) is 5.34. The Balaban J connectivity index is 2.12. The summed E-state index contributed by atoms with van der Waals surface area (Å²) in [5.41, 5.74) is 0.386. The summed E-state index contributed by atoms with van der Waals surface area (Å²) in [7, 11) is 0. The highest BCUT2D eigenvalue weighted by molar-refractivity contribution is 5.84. The maximum atomic E-state index is 12.9. The van der Waals surface area contributed by atoms with E-state index in [2.05, 4.69) is 44.8 Å². The molecule has 0 spiro atoms. The van der Waals surface area contributed by atoms with Crippen molar-refractivity contribution in [3.63, 3.8) is 0 Å². The van der Waals surface area contributed by atoms with Crippen molar-refractivity contribution in [3.8, 4) is 0 Å². The van der Waals surface area contributed by atoms with E-state index in [9.17, 15) is 4.79 Å². The van der Waals surface area contributed by atoms with Gasteiger partial charge < -0.3 is 4.90 Å². The molecular formula is C18H34N2O. The molecule has 2 aliphatic rings. The summed E-state index contributed by atoms with van der Waals surface area (Å²) in [5, 5.41) is 3.61. The Morgan fingerprint density at radius 3 is 2.33 bits per heavy atom. The smallest absolute Gasteiger partial charge is 0.241 e. The number of hydrogen-bond donors (Lipinski definition) is 1. The third-order valence-corrected chi connectivity index (χ3v) is 5.55. The second-order valence-electron chi connectivity index (χ2n) is 8.06. The molecule has 122 valence electrons. The van der Waals surface area contributed by atoms with Crippen molar-refractivity contribution in [1.29, 1.82) is 0 Å². The van der Waals surface area contributed by atoms with Crippen LogP contribution in [0.5, 0.6) is 0 Å². The molecule has 1 N–H and O–H groups in total. The highest BCUT2D eigenvalue weighted by Crippen LogP contribution is 2.42. The first kappa shape index (κ1) is 16.8. The molecule has 1 saturated carbocycles. The zero-order valence-electron chi connectivity index (χ0n) is 14.6. The van der Waals surface area contributed by atoms with E-state index < -0.39 is 0 Å². The zero-order chi connectivity index (χ0) is 15.6. The topological polar surface area (TPSA) is 32.3 Å². The average Bonchev–Trinajstić information content (AvgIpc) is 2.99. The fourth-order valence-corrected chi connectivity index (χ4v) is 4.18. The first-order valence-corrected chi connectivity index (χ1v) is 8.95. The number of rotatable bonds is 6. The first-order chi connectivity index (χ1) is 9.88. The molecular weight excluding hydrogens is 260 g/mol. The minimum atomic E-state index is 0.0349. The Labute approximate surface area is 130 Å². The summed E-state index contributed by atoms with van der Waals surface area (Å²) in [6.07, 6.45) is 7.66. The molecule has 2 fully saturated rings. The molecule has 2 unspecified atom stereocenters. The number of carbonyl (C=O) groups is 1. The van der Waals surface area contributed by atoms with Crippen LogP contribution in [0.2, 0.25) is 0 Å². The molecule has 0 bridgehead atoms. The quantitative estimate of drug-likeness (QED) is 0.808. The second-order valence-corrected chi connectivity index (χ2v) is 8.06. The van der Waals surface area contributed by atoms with Crippen LogP contribution in [0, 0.1) is 17.3 Å². The maximum absolute atomic E-state index is 12.9. The first-order valence-electron chi connectivity index (χ1n) is 8.95. The Hall–Kier alpha value is -0.570. The van der Waals surface area contributed by atoms with Crippen molar-refractivity contribution in [2.24, 2.45) is 17.3 Å². The van der Waals surface area contributed by atoms with Crippen molar-refractivity contribution in [3.05, 3.63) is 0 Å². The van der Waals surface area contributed by atoms with Crippen LogP contribution in [0.1, 0.15) is 73.1 Å². The van der Waals surface area contributed by atoms with E-state index in [4.69, 9.17) is 0 Å². The van der Waals surface area contributed by atoms with E-state index in [1.165, 1.54) is 32.1 Å². The average molecular weight is 294 g/mol. The van der Waals surface area contributed by atoms with Gasteiger partial charge in [-0.2, -0.15) is 0 Å². The van der Waals surface area contributed by atoms with Crippen molar-refractivity contribution in [1.82, 2.24) is 10.2 Å². The minimum Gasteiger partial charge on any atom is -0.325 e. The number of amides is 1. The second kappa shape index (κ2) is 6.68. The predicted octanol–water partition coefficient (Wildman–Crippen LogP) is 3.79. The Bertz CT molecular complexity index is 358. The Morgan fingerprint density at radius 1 is 1.24 bits per heavy atom. The summed E-state index contributed by atoms with van der Waals surface area (Å²) in [6.45, 7) is 12.1. The standard InChI is InChI=1S/C18H34N2O/c1-6-18(9-7-8-10-18)12-20-16(14(4)5)19-15(17(20)21)11-13(2)3/h13-16,19H,6-12H2,1-5H3. The highest BCUT2D eigenvalue weighted by Gasteiger charge is 2.44. The third-order valence-electron chi connectivity index (χ3n) is 5.55. The molecule has 1 saturated heterocycles. The number of hydrogen-bond acceptors (Lipinski definition) is 2. The van der Waals surface area contributed by atoms with Gasteiger partial charge in [-0.05, 0) is 42.9 Å². The lowest BCUT2D eigenvalue weighted by atomic mass is 9.82. The summed E-state index contributed by atoms with van der Waals surface area (Å²) >= 11 is 0. The van der Waals surface area contributed by atoms with E-state index in [-0.39, 0.29) is 12.2 Å². The van der Waals surface area contributed by atoms with Crippen LogP contribution in [-0.4, -0.2) is 29.6 Å². The molecule has 0 aromatic rings. The van der Waals surface area contributed by atoms with Crippen molar-refractivity contribution in [2.45, 2.75) is 85.4 Å². The molecule has 0 aromatic heterocycles. The molecule has 1 heterocycles. The molecule has 2 atom stereocenters. The third kappa shape index (κ3) is 3.61. The molecule has 21 heavy (non-hydrogen) atoms. The lowest BCUT2D eigenvalue weighted by Gasteiger charge is -2.36. The molecule has 0 radical (unpaired) electrons. The minimum absolute atomic E-state index is 0.0349. The van der Waals surface area contributed by atoms with Crippen LogP contribution in [0.15, 0.2) is 0 Å². The van der Waals surface area contributed by atoms with Gasteiger partial charge in [0.15, 0.2) is 0 Å². The van der Waals surface area contributed by atoms with Gasteiger partial charge >= 0.3 is 0 Å². The highest BCUT2D eigenvalue weighted by atomic mass is 16.2. The SMILES string of the molecule is CCC1(CN2C(=O)C(CC(C)C)NC2C(C)C)CCCC1. The summed E-state index contributed by atoms with van der Waals surface area (Å²) < 4.78 is 0. The molecule has 3 heteroatoms. The van der Waals surface area contributed by atoms with Crippen LogP contribution in [0.25, 0.3) is 0 Å². The lowest BCUT2D eigenvalue weighted by Crippen LogP contribution is -2.46. The summed E-state index contributed by atoms with van der Waals surface area (Å²) in [4.78, 5) is 15.1.